The smallest absolute Gasteiger partial charge is 0.408 e. The fraction of sp³-hybridized carbons (Fsp3) is 0.591. The predicted octanol–water partition coefficient (Wildman–Crippen LogP) is 3.39. The molecular formula is C22H37N5O3. The molecule has 0 bridgehead atoms. The lowest BCUT2D eigenvalue weighted by molar-refractivity contribution is -0.116. The number of carbonyl (C=O) groups is 2. The number of guanidine groups is 1. The van der Waals surface area contributed by atoms with E-state index in [4.69, 9.17) is 4.74 Å². The van der Waals surface area contributed by atoms with Gasteiger partial charge in [0.05, 0.1) is 5.54 Å². The summed E-state index contributed by atoms with van der Waals surface area (Å²) in [5.74, 6) is 0.620. The van der Waals surface area contributed by atoms with Gasteiger partial charge in [0.15, 0.2) is 5.96 Å². The molecule has 0 heterocycles. The van der Waals surface area contributed by atoms with Crippen molar-refractivity contribution in [2.75, 3.05) is 18.9 Å². The van der Waals surface area contributed by atoms with Crippen molar-refractivity contribution >= 4 is 23.6 Å². The summed E-state index contributed by atoms with van der Waals surface area (Å²) < 4.78 is 5.31. The van der Waals surface area contributed by atoms with Gasteiger partial charge in [-0.15, -0.1) is 0 Å². The molecule has 8 nitrogen and oxygen atoms in total. The van der Waals surface area contributed by atoms with Crippen molar-refractivity contribution in [2.24, 2.45) is 4.99 Å². The molecule has 30 heavy (non-hydrogen) atoms. The molecule has 2 amide bonds. The third-order valence-corrected chi connectivity index (χ3v) is 3.91. The number of aliphatic imine (C=N–C) groups is 1. The molecular weight excluding hydrogens is 382 g/mol. The Bertz CT molecular complexity index is 739. The van der Waals surface area contributed by atoms with Crippen LogP contribution in [0.5, 0.6) is 0 Å². The van der Waals surface area contributed by atoms with Crippen LogP contribution in [0.1, 0.15) is 59.9 Å². The maximum atomic E-state index is 12.0. The summed E-state index contributed by atoms with van der Waals surface area (Å²) in [6, 6.07) is 7.68. The van der Waals surface area contributed by atoms with Gasteiger partial charge in [-0.1, -0.05) is 19.1 Å². The Hall–Kier alpha value is -2.77. The molecule has 0 saturated carbocycles. The highest BCUT2D eigenvalue weighted by molar-refractivity contribution is 5.90. The van der Waals surface area contributed by atoms with Gasteiger partial charge in [0.1, 0.15) is 5.60 Å². The van der Waals surface area contributed by atoms with Crippen LogP contribution in [0.25, 0.3) is 0 Å². The number of hydrogen-bond donors (Lipinski definition) is 4. The van der Waals surface area contributed by atoms with E-state index in [0.29, 0.717) is 25.5 Å². The number of alkyl carbamates (subject to hydrolysis) is 1. The second kappa shape index (κ2) is 11.4. The fourth-order valence-corrected chi connectivity index (χ4v) is 2.54. The Kier molecular flexibility index (Phi) is 9.62. The minimum Gasteiger partial charge on any atom is -0.444 e. The third-order valence-electron chi connectivity index (χ3n) is 3.91. The van der Waals surface area contributed by atoms with Crippen LogP contribution in [0.3, 0.4) is 0 Å². The van der Waals surface area contributed by atoms with E-state index in [1.165, 1.54) is 0 Å². The van der Waals surface area contributed by atoms with E-state index in [2.05, 4.69) is 26.3 Å². The van der Waals surface area contributed by atoms with Crippen LogP contribution in [0.4, 0.5) is 10.5 Å². The molecule has 0 saturated heterocycles. The number of rotatable bonds is 8. The van der Waals surface area contributed by atoms with Crippen molar-refractivity contribution in [2.45, 2.75) is 72.1 Å². The first kappa shape index (κ1) is 25.3. The number of nitrogens with one attached hydrogen (secondary N) is 4. The normalized spacial score (nSPS) is 12.2. The average molecular weight is 420 g/mol. The lowest BCUT2D eigenvalue weighted by atomic mass is 10.1. The Morgan fingerprint density at radius 2 is 1.80 bits per heavy atom. The molecule has 0 radical (unpaired) electrons. The summed E-state index contributed by atoms with van der Waals surface area (Å²) in [7, 11) is 1.69. The molecule has 0 aliphatic carbocycles. The molecule has 0 aliphatic heterocycles. The maximum absolute atomic E-state index is 12.0. The molecule has 1 rings (SSSR count). The zero-order valence-electron chi connectivity index (χ0n) is 19.3. The highest BCUT2D eigenvalue weighted by atomic mass is 16.6. The van der Waals surface area contributed by atoms with Gasteiger partial charge in [-0.05, 0) is 58.7 Å². The SMILES string of the molecule is CCCC(=O)Nc1cccc(CNC(=NC)NCC(C)(C)NC(=O)OC(C)(C)C)c1. The molecule has 0 atom stereocenters. The number of carbonyl (C=O) groups excluding carboxylic acids is 2. The first-order chi connectivity index (χ1) is 13.9. The van der Waals surface area contributed by atoms with Crippen LogP contribution in [-0.4, -0.2) is 42.7 Å². The van der Waals surface area contributed by atoms with Crippen molar-refractivity contribution < 1.29 is 14.3 Å². The van der Waals surface area contributed by atoms with Crippen LogP contribution < -0.4 is 21.3 Å². The first-order valence-corrected chi connectivity index (χ1v) is 10.3. The molecule has 0 unspecified atom stereocenters. The number of nitrogens with zero attached hydrogens (tertiary/aromatic N) is 1. The molecule has 0 fully saturated rings. The Morgan fingerprint density at radius 3 is 2.40 bits per heavy atom. The minimum absolute atomic E-state index is 0.0137. The van der Waals surface area contributed by atoms with Crippen molar-refractivity contribution in [1.82, 2.24) is 16.0 Å². The Labute approximate surface area is 180 Å². The van der Waals surface area contributed by atoms with Gasteiger partial charge in [0.25, 0.3) is 0 Å². The van der Waals surface area contributed by atoms with E-state index in [9.17, 15) is 9.59 Å². The van der Waals surface area contributed by atoms with Gasteiger partial charge >= 0.3 is 6.09 Å². The summed E-state index contributed by atoms with van der Waals surface area (Å²) in [5, 5.41) is 12.2. The van der Waals surface area contributed by atoms with Crippen molar-refractivity contribution in [3.63, 3.8) is 0 Å². The van der Waals surface area contributed by atoms with Crippen molar-refractivity contribution in [1.29, 1.82) is 0 Å². The molecule has 1 aromatic carbocycles. The van der Waals surface area contributed by atoms with Crippen LogP contribution in [0.15, 0.2) is 29.3 Å². The van der Waals surface area contributed by atoms with Gasteiger partial charge in [0, 0.05) is 32.2 Å². The van der Waals surface area contributed by atoms with E-state index in [1.807, 2.05) is 65.8 Å². The van der Waals surface area contributed by atoms with Gasteiger partial charge < -0.3 is 26.0 Å². The highest BCUT2D eigenvalue weighted by Gasteiger charge is 2.24. The van der Waals surface area contributed by atoms with Crippen LogP contribution >= 0.6 is 0 Å². The third kappa shape index (κ3) is 10.7. The van der Waals surface area contributed by atoms with Crippen molar-refractivity contribution in [3.05, 3.63) is 29.8 Å². The molecule has 8 heteroatoms. The number of benzene rings is 1. The quantitative estimate of drug-likeness (QED) is 0.382. The second-order valence-corrected chi connectivity index (χ2v) is 8.79. The average Bonchev–Trinajstić information content (AvgIpc) is 2.60. The second-order valence-electron chi connectivity index (χ2n) is 8.79. The lowest BCUT2D eigenvalue weighted by Gasteiger charge is -2.29. The summed E-state index contributed by atoms with van der Waals surface area (Å²) in [5.41, 5.74) is 0.705. The van der Waals surface area contributed by atoms with Crippen LogP contribution in [-0.2, 0) is 16.1 Å². The number of ether oxygens (including phenoxy) is 1. The standard InChI is InChI=1S/C22H37N5O3/c1-8-10-18(28)26-17-12-9-11-16(13-17)14-24-19(23-7)25-15-22(5,6)27-20(29)30-21(2,3)4/h9,11-13H,8,10,14-15H2,1-7H3,(H,26,28)(H,27,29)(H2,23,24,25). The maximum Gasteiger partial charge on any atom is 0.408 e. The zero-order valence-corrected chi connectivity index (χ0v) is 19.3. The van der Waals surface area contributed by atoms with E-state index < -0.39 is 17.2 Å². The minimum atomic E-state index is -0.546. The molecule has 0 aliphatic rings. The molecule has 168 valence electrons. The number of amides is 2. The summed E-state index contributed by atoms with van der Waals surface area (Å²) in [6.07, 6.45) is 0.861. The molecule has 1 aromatic rings. The monoisotopic (exact) mass is 419 g/mol. The molecule has 4 N–H and O–H groups in total. The number of hydrogen-bond acceptors (Lipinski definition) is 4. The lowest BCUT2D eigenvalue weighted by Crippen LogP contribution is -2.54. The summed E-state index contributed by atoms with van der Waals surface area (Å²) in [6.45, 7) is 12.3. The van der Waals surface area contributed by atoms with Crippen LogP contribution in [0, 0.1) is 0 Å². The van der Waals surface area contributed by atoms with Gasteiger partial charge in [-0.25, -0.2) is 4.79 Å². The number of anilines is 1. The first-order valence-electron chi connectivity index (χ1n) is 10.3. The largest absolute Gasteiger partial charge is 0.444 e. The van der Waals surface area contributed by atoms with Crippen molar-refractivity contribution in [3.8, 4) is 0 Å². The Morgan fingerprint density at radius 1 is 1.10 bits per heavy atom. The van der Waals surface area contributed by atoms with Crippen LogP contribution in [0.2, 0.25) is 0 Å². The topological polar surface area (TPSA) is 104 Å². The predicted molar refractivity (Wildman–Crippen MR) is 122 cm³/mol. The zero-order chi connectivity index (χ0) is 22.8. The summed E-state index contributed by atoms with van der Waals surface area (Å²) in [4.78, 5) is 28.0. The summed E-state index contributed by atoms with van der Waals surface area (Å²) >= 11 is 0. The van der Waals surface area contributed by atoms with E-state index in [0.717, 1.165) is 17.7 Å². The fourth-order valence-electron chi connectivity index (χ4n) is 2.54. The van der Waals surface area contributed by atoms with Gasteiger partial charge in [0.2, 0.25) is 5.91 Å². The van der Waals surface area contributed by atoms with E-state index >= 15 is 0 Å². The Balaban J connectivity index is 2.55. The van der Waals surface area contributed by atoms with Gasteiger partial charge in [-0.3, -0.25) is 9.79 Å². The molecule has 0 spiro atoms. The van der Waals surface area contributed by atoms with E-state index in [-0.39, 0.29) is 5.91 Å². The van der Waals surface area contributed by atoms with E-state index in [1.54, 1.807) is 7.05 Å². The molecule has 0 aromatic heterocycles. The van der Waals surface area contributed by atoms with Gasteiger partial charge in [-0.2, -0.15) is 0 Å². The highest BCUT2D eigenvalue weighted by Crippen LogP contribution is 2.12.